The Balaban J connectivity index is 1.61. The van der Waals surface area contributed by atoms with Gasteiger partial charge in [0, 0.05) is 18.7 Å². The van der Waals surface area contributed by atoms with E-state index in [9.17, 15) is 18.0 Å². The van der Waals surface area contributed by atoms with Gasteiger partial charge in [0.05, 0.1) is 30.2 Å². The van der Waals surface area contributed by atoms with Gasteiger partial charge >= 0.3 is 6.18 Å². The summed E-state index contributed by atoms with van der Waals surface area (Å²) in [5.41, 5.74) is 2.36. The number of amides is 1. The normalized spacial score (nSPS) is 14.4. The van der Waals surface area contributed by atoms with Crippen molar-refractivity contribution in [1.29, 1.82) is 0 Å². The van der Waals surface area contributed by atoms with Crippen molar-refractivity contribution in [3.63, 3.8) is 0 Å². The van der Waals surface area contributed by atoms with E-state index in [1.165, 1.54) is 12.1 Å². The van der Waals surface area contributed by atoms with E-state index in [0.29, 0.717) is 35.6 Å². The number of alkyl halides is 3. The van der Waals surface area contributed by atoms with Gasteiger partial charge < -0.3 is 15.0 Å². The summed E-state index contributed by atoms with van der Waals surface area (Å²) in [5, 5.41) is 2.97. The average molecular weight is 426 g/mol. The molecule has 0 spiro atoms. The van der Waals surface area contributed by atoms with Crippen molar-refractivity contribution in [1.82, 2.24) is 0 Å². The Labute approximate surface area is 178 Å². The molecule has 1 amide bonds. The second-order valence-corrected chi connectivity index (χ2v) is 7.19. The standard InChI is InChI=1S/C24H21F3N2O2/c25-24(26,27)18-11-9-17(10-12-18)19-5-1-2-6-20(19)23(30)28-21-7-3-4-8-22(21)29-13-15-31-16-14-29/h1-12H,13-16H2,(H,28,30). The maximum Gasteiger partial charge on any atom is 0.416 e. The van der Waals surface area contributed by atoms with E-state index in [1.807, 2.05) is 24.3 Å². The summed E-state index contributed by atoms with van der Waals surface area (Å²) in [4.78, 5) is 15.3. The van der Waals surface area contributed by atoms with Crippen LogP contribution >= 0.6 is 0 Å². The molecule has 0 unspecified atom stereocenters. The quantitative estimate of drug-likeness (QED) is 0.602. The fourth-order valence-corrected chi connectivity index (χ4v) is 3.62. The predicted octanol–water partition coefficient (Wildman–Crippen LogP) is 5.46. The molecule has 3 aromatic carbocycles. The Kier molecular flexibility index (Phi) is 5.95. The third-order valence-electron chi connectivity index (χ3n) is 5.20. The average Bonchev–Trinajstić information content (AvgIpc) is 2.79. The highest BCUT2D eigenvalue weighted by molar-refractivity contribution is 6.10. The van der Waals surface area contributed by atoms with Crippen LogP contribution in [0.25, 0.3) is 11.1 Å². The number of halogens is 3. The smallest absolute Gasteiger partial charge is 0.378 e. The molecule has 0 aliphatic carbocycles. The molecule has 4 nitrogen and oxygen atoms in total. The minimum atomic E-state index is -4.40. The van der Waals surface area contributed by atoms with Gasteiger partial charge in [-0.25, -0.2) is 0 Å². The van der Waals surface area contributed by atoms with Gasteiger partial charge in [0.2, 0.25) is 0 Å². The molecular weight excluding hydrogens is 405 g/mol. The fraction of sp³-hybridized carbons (Fsp3) is 0.208. The first-order chi connectivity index (χ1) is 14.9. The van der Waals surface area contributed by atoms with Gasteiger partial charge in [-0.1, -0.05) is 42.5 Å². The summed E-state index contributed by atoms with van der Waals surface area (Å²) in [5.74, 6) is -0.323. The number of benzene rings is 3. The lowest BCUT2D eigenvalue weighted by molar-refractivity contribution is -0.137. The Morgan fingerprint density at radius 2 is 1.52 bits per heavy atom. The monoisotopic (exact) mass is 426 g/mol. The highest BCUT2D eigenvalue weighted by Crippen LogP contribution is 2.32. The molecule has 0 bridgehead atoms. The van der Waals surface area contributed by atoms with Crippen molar-refractivity contribution in [3.8, 4) is 11.1 Å². The zero-order valence-electron chi connectivity index (χ0n) is 16.7. The number of morpholine rings is 1. The first-order valence-corrected chi connectivity index (χ1v) is 9.93. The number of carbonyl (C=O) groups is 1. The van der Waals surface area contributed by atoms with Crippen LogP contribution < -0.4 is 10.2 Å². The van der Waals surface area contributed by atoms with Crippen LogP contribution in [0, 0.1) is 0 Å². The summed E-state index contributed by atoms with van der Waals surface area (Å²) >= 11 is 0. The summed E-state index contributed by atoms with van der Waals surface area (Å²) in [7, 11) is 0. The highest BCUT2D eigenvalue weighted by Gasteiger charge is 2.30. The summed E-state index contributed by atoms with van der Waals surface area (Å²) in [6.07, 6.45) is -4.40. The molecule has 1 N–H and O–H groups in total. The molecule has 1 fully saturated rings. The maximum atomic E-state index is 13.1. The first kappa shape index (κ1) is 20.9. The number of hydrogen-bond donors (Lipinski definition) is 1. The number of hydrogen-bond acceptors (Lipinski definition) is 3. The van der Waals surface area contributed by atoms with Crippen LogP contribution in [0.3, 0.4) is 0 Å². The maximum absolute atomic E-state index is 13.1. The van der Waals surface area contributed by atoms with Gasteiger partial charge in [0.15, 0.2) is 0 Å². The lowest BCUT2D eigenvalue weighted by Gasteiger charge is -2.30. The van der Waals surface area contributed by atoms with E-state index in [1.54, 1.807) is 24.3 Å². The number of para-hydroxylation sites is 2. The molecule has 31 heavy (non-hydrogen) atoms. The lowest BCUT2D eigenvalue weighted by atomic mass is 9.98. The lowest BCUT2D eigenvalue weighted by Crippen LogP contribution is -2.36. The molecular formula is C24H21F3N2O2. The van der Waals surface area contributed by atoms with Gasteiger partial charge in [-0.15, -0.1) is 0 Å². The Hall–Kier alpha value is -3.32. The van der Waals surface area contributed by atoms with Gasteiger partial charge in [0.25, 0.3) is 5.91 Å². The van der Waals surface area contributed by atoms with E-state index in [-0.39, 0.29) is 5.91 Å². The number of nitrogens with zero attached hydrogens (tertiary/aromatic N) is 1. The molecule has 7 heteroatoms. The number of rotatable bonds is 4. The molecule has 1 saturated heterocycles. The van der Waals surface area contributed by atoms with Crippen molar-refractivity contribution in [2.45, 2.75) is 6.18 Å². The van der Waals surface area contributed by atoms with Crippen molar-refractivity contribution in [3.05, 3.63) is 83.9 Å². The zero-order chi connectivity index (χ0) is 21.8. The van der Waals surface area contributed by atoms with Gasteiger partial charge in [-0.2, -0.15) is 13.2 Å². The summed E-state index contributed by atoms with van der Waals surface area (Å²) in [6, 6.07) is 19.2. The van der Waals surface area contributed by atoms with Crippen LogP contribution in [0.5, 0.6) is 0 Å². The number of anilines is 2. The van der Waals surface area contributed by atoms with Crippen LogP contribution in [-0.2, 0) is 10.9 Å². The number of carbonyl (C=O) groups excluding carboxylic acids is 1. The van der Waals surface area contributed by atoms with Crippen LogP contribution in [0.1, 0.15) is 15.9 Å². The van der Waals surface area contributed by atoms with Crippen molar-refractivity contribution < 1.29 is 22.7 Å². The number of ether oxygens (including phenoxy) is 1. The predicted molar refractivity (Wildman–Crippen MR) is 114 cm³/mol. The molecule has 0 radical (unpaired) electrons. The second kappa shape index (κ2) is 8.81. The fourth-order valence-electron chi connectivity index (χ4n) is 3.62. The highest BCUT2D eigenvalue weighted by atomic mass is 19.4. The minimum absolute atomic E-state index is 0.323. The van der Waals surface area contributed by atoms with E-state index < -0.39 is 11.7 Å². The molecule has 1 aliphatic heterocycles. The van der Waals surface area contributed by atoms with E-state index >= 15 is 0 Å². The van der Waals surface area contributed by atoms with Crippen molar-refractivity contribution >= 4 is 17.3 Å². The van der Waals surface area contributed by atoms with Crippen LogP contribution in [-0.4, -0.2) is 32.2 Å². The van der Waals surface area contributed by atoms with Crippen LogP contribution in [0.4, 0.5) is 24.5 Å². The minimum Gasteiger partial charge on any atom is -0.378 e. The van der Waals surface area contributed by atoms with Crippen molar-refractivity contribution in [2.75, 3.05) is 36.5 Å². The molecule has 1 aliphatic rings. The Bertz CT molecular complexity index is 1060. The van der Waals surface area contributed by atoms with E-state index in [2.05, 4.69) is 10.2 Å². The molecule has 4 rings (SSSR count). The van der Waals surface area contributed by atoms with Gasteiger partial charge in [-0.05, 0) is 41.5 Å². The van der Waals surface area contributed by atoms with Crippen molar-refractivity contribution in [2.24, 2.45) is 0 Å². The summed E-state index contributed by atoms with van der Waals surface area (Å²) in [6.45, 7) is 2.71. The molecule has 0 aromatic heterocycles. The first-order valence-electron chi connectivity index (χ1n) is 9.93. The van der Waals surface area contributed by atoms with Gasteiger partial charge in [0.1, 0.15) is 0 Å². The third kappa shape index (κ3) is 4.72. The number of nitrogens with one attached hydrogen (secondary N) is 1. The third-order valence-corrected chi connectivity index (χ3v) is 5.20. The zero-order valence-corrected chi connectivity index (χ0v) is 16.7. The molecule has 0 saturated carbocycles. The topological polar surface area (TPSA) is 41.6 Å². The van der Waals surface area contributed by atoms with E-state index in [0.717, 1.165) is 30.9 Å². The largest absolute Gasteiger partial charge is 0.416 e. The van der Waals surface area contributed by atoms with Gasteiger partial charge in [-0.3, -0.25) is 4.79 Å². The molecule has 160 valence electrons. The van der Waals surface area contributed by atoms with E-state index in [4.69, 9.17) is 4.74 Å². The second-order valence-electron chi connectivity index (χ2n) is 7.19. The van der Waals surface area contributed by atoms with Crippen LogP contribution in [0.15, 0.2) is 72.8 Å². The Morgan fingerprint density at radius 3 is 2.23 bits per heavy atom. The summed E-state index contributed by atoms with van der Waals surface area (Å²) < 4.78 is 44.1. The SMILES string of the molecule is O=C(Nc1ccccc1N1CCOCC1)c1ccccc1-c1ccc(C(F)(F)F)cc1. The Morgan fingerprint density at radius 1 is 0.871 bits per heavy atom. The molecule has 0 atom stereocenters. The van der Waals surface area contributed by atoms with Crippen LogP contribution in [0.2, 0.25) is 0 Å². The molecule has 3 aromatic rings. The molecule has 1 heterocycles.